The first-order valence-corrected chi connectivity index (χ1v) is 12.2. The summed E-state index contributed by atoms with van der Waals surface area (Å²) in [5, 5.41) is 17.1. The molecule has 7 nitrogen and oxygen atoms in total. The molecular weight excluding hydrogens is 448 g/mol. The molecule has 0 radical (unpaired) electrons. The van der Waals surface area contributed by atoms with Gasteiger partial charge in [0.1, 0.15) is 17.5 Å². The number of fused-ring (bicyclic) bond motifs is 1. The lowest BCUT2D eigenvalue weighted by atomic mass is 9.99. The van der Waals surface area contributed by atoms with Crippen molar-refractivity contribution in [2.45, 2.75) is 25.8 Å². The number of aryl methyl sites for hydroxylation is 1. The molecule has 3 N–H and O–H groups in total. The average molecular weight is 477 g/mol. The van der Waals surface area contributed by atoms with E-state index in [-0.39, 0.29) is 5.91 Å². The van der Waals surface area contributed by atoms with E-state index in [1.165, 1.54) is 11.1 Å². The number of amides is 1. The number of nitriles is 1. The molecule has 3 aromatic carbocycles. The van der Waals surface area contributed by atoms with Crippen LogP contribution >= 0.6 is 0 Å². The van der Waals surface area contributed by atoms with E-state index in [2.05, 4.69) is 45.7 Å². The van der Waals surface area contributed by atoms with Crippen LogP contribution in [0.4, 0.5) is 11.5 Å². The van der Waals surface area contributed by atoms with Crippen LogP contribution in [0, 0.1) is 11.3 Å². The highest BCUT2D eigenvalue weighted by Gasteiger charge is 2.18. The number of benzene rings is 3. The van der Waals surface area contributed by atoms with Crippen molar-refractivity contribution in [3.63, 3.8) is 0 Å². The number of hydrogen-bond donors (Lipinski definition) is 2. The van der Waals surface area contributed by atoms with E-state index in [1.807, 2.05) is 54.6 Å². The van der Waals surface area contributed by atoms with Crippen molar-refractivity contribution in [3.05, 3.63) is 107 Å². The van der Waals surface area contributed by atoms with Gasteiger partial charge in [-0.05, 0) is 66.8 Å². The van der Waals surface area contributed by atoms with Gasteiger partial charge in [0.05, 0.1) is 11.4 Å². The molecule has 0 aliphatic carbocycles. The van der Waals surface area contributed by atoms with Crippen LogP contribution in [-0.4, -0.2) is 28.8 Å². The minimum Gasteiger partial charge on any atom is -0.382 e. The number of nitrogens with one attached hydrogen (secondary N) is 1. The largest absolute Gasteiger partial charge is 0.382 e. The van der Waals surface area contributed by atoms with Gasteiger partial charge in [-0.1, -0.05) is 42.5 Å². The highest BCUT2D eigenvalue weighted by atomic mass is 16.1. The Labute approximate surface area is 210 Å². The Hall–Kier alpha value is -4.57. The number of nitrogen functional groups attached to an aromatic ring is 1. The highest BCUT2D eigenvalue weighted by Crippen LogP contribution is 2.25. The summed E-state index contributed by atoms with van der Waals surface area (Å²) in [6.07, 6.45) is 2.22. The van der Waals surface area contributed by atoms with Crippen LogP contribution in [0.5, 0.6) is 0 Å². The summed E-state index contributed by atoms with van der Waals surface area (Å²) >= 11 is 0. The summed E-state index contributed by atoms with van der Waals surface area (Å²) < 4.78 is 1.59. The molecule has 1 amide bonds. The Morgan fingerprint density at radius 3 is 2.44 bits per heavy atom. The molecule has 4 aromatic rings. The van der Waals surface area contributed by atoms with Gasteiger partial charge in [-0.15, -0.1) is 0 Å². The molecule has 0 spiro atoms. The van der Waals surface area contributed by atoms with Crippen LogP contribution in [-0.2, 0) is 19.4 Å². The van der Waals surface area contributed by atoms with Crippen molar-refractivity contribution in [3.8, 4) is 11.8 Å². The van der Waals surface area contributed by atoms with Crippen molar-refractivity contribution in [2.24, 2.45) is 0 Å². The maximum absolute atomic E-state index is 12.7. The standard InChI is InChI=1S/C29H28N6O/c30-19-26-27(33-35(28(26)31)25-9-2-1-3-10-25)11-6-17-32-29(36)22-12-14-24(15-13-22)34-18-16-21-7-4-5-8-23(21)20-34/h1-5,7-10,12-15H,6,11,16-18,20,31H2,(H,32,36). The smallest absolute Gasteiger partial charge is 0.251 e. The second-order valence-corrected chi connectivity index (χ2v) is 8.91. The lowest BCUT2D eigenvalue weighted by Gasteiger charge is -2.30. The van der Waals surface area contributed by atoms with E-state index in [9.17, 15) is 10.1 Å². The molecule has 1 aromatic heterocycles. The summed E-state index contributed by atoms with van der Waals surface area (Å²) in [6, 6.07) is 28.0. The summed E-state index contributed by atoms with van der Waals surface area (Å²) in [5.41, 5.74) is 12.5. The molecule has 1 aliphatic heterocycles. The Balaban J connectivity index is 1.15. The van der Waals surface area contributed by atoms with Crippen LogP contribution in [0.15, 0.2) is 78.9 Å². The molecule has 7 heteroatoms. The van der Waals surface area contributed by atoms with E-state index >= 15 is 0 Å². The van der Waals surface area contributed by atoms with Gasteiger partial charge < -0.3 is 16.0 Å². The second kappa shape index (κ2) is 10.4. The molecule has 0 unspecified atom stereocenters. The van der Waals surface area contributed by atoms with Crippen LogP contribution in [0.25, 0.3) is 5.69 Å². The van der Waals surface area contributed by atoms with Gasteiger partial charge in [-0.2, -0.15) is 10.4 Å². The molecule has 0 fully saturated rings. The zero-order valence-corrected chi connectivity index (χ0v) is 20.0. The number of para-hydroxylation sites is 1. The predicted octanol–water partition coefficient (Wildman–Crippen LogP) is 4.25. The second-order valence-electron chi connectivity index (χ2n) is 8.91. The van der Waals surface area contributed by atoms with Crippen LogP contribution in [0.1, 0.15) is 39.2 Å². The van der Waals surface area contributed by atoms with E-state index in [0.29, 0.717) is 42.0 Å². The summed E-state index contributed by atoms with van der Waals surface area (Å²) in [6.45, 7) is 2.33. The minimum atomic E-state index is -0.111. The fraction of sp³-hybridized carbons (Fsp3) is 0.207. The highest BCUT2D eigenvalue weighted by molar-refractivity contribution is 5.94. The van der Waals surface area contributed by atoms with Gasteiger partial charge in [0.25, 0.3) is 5.91 Å². The van der Waals surface area contributed by atoms with Crippen LogP contribution in [0.2, 0.25) is 0 Å². The van der Waals surface area contributed by atoms with Gasteiger partial charge in [0.15, 0.2) is 0 Å². The van der Waals surface area contributed by atoms with Gasteiger partial charge in [0.2, 0.25) is 0 Å². The van der Waals surface area contributed by atoms with Crippen molar-refractivity contribution in [2.75, 3.05) is 23.7 Å². The first-order chi connectivity index (χ1) is 17.6. The van der Waals surface area contributed by atoms with E-state index in [0.717, 1.165) is 30.9 Å². The summed E-state index contributed by atoms with van der Waals surface area (Å²) in [5.74, 6) is 0.223. The van der Waals surface area contributed by atoms with Crippen molar-refractivity contribution < 1.29 is 4.79 Å². The summed E-state index contributed by atoms with van der Waals surface area (Å²) in [4.78, 5) is 15.0. The zero-order chi connectivity index (χ0) is 24.9. The molecule has 0 saturated heterocycles. The molecule has 180 valence electrons. The first kappa shape index (κ1) is 23.2. The molecule has 0 atom stereocenters. The third-order valence-corrected chi connectivity index (χ3v) is 6.61. The van der Waals surface area contributed by atoms with Gasteiger partial charge in [-0.25, -0.2) is 4.68 Å². The number of carbonyl (C=O) groups excluding carboxylic acids is 1. The van der Waals surface area contributed by atoms with Crippen LogP contribution < -0.4 is 16.0 Å². The topological polar surface area (TPSA) is 100.0 Å². The quantitative estimate of drug-likeness (QED) is 0.389. The maximum atomic E-state index is 12.7. The number of carbonyl (C=O) groups is 1. The SMILES string of the molecule is N#Cc1c(CCCNC(=O)c2ccc(N3CCc4ccccc4C3)cc2)nn(-c2ccccc2)c1N. The number of rotatable bonds is 7. The third-order valence-electron chi connectivity index (χ3n) is 6.61. The van der Waals surface area contributed by atoms with E-state index < -0.39 is 0 Å². The van der Waals surface area contributed by atoms with Crippen LogP contribution in [0.3, 0.4) is 0 Å². The normalized spacial score (nSPS) is 12.6. The monoisotopic (exact) mass is 476 g/mol. The van der Waals surface area contributed by atoms with E-state index in [4.69, 9.17) is 5.73 Å². The number of aromatic nitrogens is 2. The molecule has 5 rings (SSSR count). The number of nitrogens with two attached hydrogens (primary N) is 1. The number of hydrogen-bond acceptors (Lipinski definition) is 5. The molecule has 36 heavy (non-hydrogen) atoms. The fourth-order valence-electron chi connectivity index (χ4n) is 4.64. The fourth-order valence-corrected chi connectivity index (χ4v) is 4.64. The maximum Gasteiger partial charge on any atom is 0.251 e. The summed E-state index contributed by atoms with van der Waals surface area (Å²) in [7, 11) is 0. The van der Waals surface area contributed by atoms with Crippen molar-refractivity contribution >= 4 is 17.4 Å². The molecule has 0 bridgehead atoms. The molecule has 2 heterocycles. The van der Waals surface area contributed by atoms with Gasteiger partial charge >= 0.3 is 0 Å². The number of nitrogens with zero attached hydrogens (tertiary/aromatic N) is 4. The van der Waals surface area contributed by atoms with E-state index in [1.54, 1.807) is 4.68 Å². The minimum absolute atomic E-state index is 0.111. The zero-order valence-electron chi connectivity index (χ0n) is 20.0. The molecular formula is C29H28N6O. The van der Waals surface area contributed by atoms with Gasteiger partial charge in [-0.3, -0.25) is 4.79 Å². The Morgan fingerprint density at radius 2 is 1.69 bits per heavy atom. The first-order valence-electron chi connectivity index (χ1n) is 12.2. The average Bonchev–Trinajstić information content (AvgIpc) is 3.26. The Bertz CT molecular complexity index is 1400. The third kappa shape index (κ3) is 4.80. The Morgan fingerprint density at radius 1 is 0.972 bits per heavy atom. The predicted molar refractivity (Wildman–Crippen MR) is 141 cm³/mol. The molecule has 1 aliphatic rings. The van der Waals surface area contributed by atoms with Gasteiger partial charge in [0, 0.05) is 30.9 Å². The van der Waals surface area contributed by atoms with Crippen molar-refractivity contribution in [1.29, 1.82) is 5.26 Å². The number of anilines is 2. The van der Waals surface area contributed by atoms with Crippen molar-refractivity contribution in [1.82, 2.24) is 15.1 Å². The lowest BCUT2D eigenvalue weighted by Crippen LogP contribution is -2.30. The lowest BCUT2D eigenvalue weighted by molar-refractivity contribution is 0.0953. The molecule has 0 saturated carbocycles. The Kier molecular flexibility index (Phi) is 6.67.